The highest BCUT2D eigenvalue weighted by Gasteiger charge is 2.23. The lowest BCUT2D eigenvalue weighted by Crippen LogP contribution is -2.23. The molecule has 0 aliphatic carbocycles. The number of benzene rings is 1. The Morgan fingerprint density at radius 2 is 2.28 bits per heavy atom. The maximum absolute atomic E-state index is 13.5. The molecule has 0 fully saturated rings. The average Bonchev–Trinajstić information content (AvgIpc) is 2.90. The van der Waals surface area contributed by atoms with E-state index < -0.39 is 17.8 Å². The first-order valence-electron chi connectivity index (χ1n) is 5.19. The fourth-order valence-corrected chi connectivity index (χ4v) is 2.05. The van der Waals surface area contributed by atoms with Crippen molar-refractivity contribution < 1.29 is 13.9 Å². The third-order valence-electron chi connectivity index (χ3n) is 2.36. The number of esters is 1. The molecule has 0 spiro atoms. The summed E-state index contributed by atoms with van der Waals surface area (Å²) in [6.45, 7) is 0. The van der Waals surface area contributed by atoms with Gasteiger partial charge in [0.05, 0.1) is 24.0 Å². The van der Waals surface area contributed by atoms with Gasteiger partial charge < -0.3 is 10.1 Å². The Morgan fingerprint density at radius 3 is 2.89 bits per heavy atom. The third kappa shape index (κ3) is 2.65. The number of para-hydroxylation sites is 1. The Balaban J connectivity index is 2.26. The molecular weight excluding hydrogens is 255 g/mol. The molecule has 0 bridgehead atoms. The molecule has 6 heteroatoms. The van der Waals surface area contributed by atoms with Crippen LogP contribution in [0.1, 0.15) is 11.7 Å². The minimum absolute atomic E-state index is 0.237. The van der Waals surface area contributed by atoms with Gasteiger partial charge in [0.15, 0.2) is 6.04 Å². The van der Waals surface area contributed by atoms with Gasteiger partial charge in [-0.2, -0.15) is 0 Å². The van der Waals surface area contributed by atoms with Crippen LogP contribution in [0.2, 0.25) is 0 Å². The number of carbonyl (C=O) groups is 1. The lowest BCUT2D eigenvalue weighted by atomic mass is 10.2. The minimum Gasteiger partial charge on any atom is -0.467 e. The number of hydrogen-bond donors (Lipinski definition) is 1. The summed E-state index contributed by atoms with van der Waals surface area (Å²) in [7, 11) is 1.28. The van der Waals surface area contributed by atoms with Crippen molar-refractivity contribution in [2.75, 3.05) is 12.4 Å². The summed E-state index contributed by atoms with van der Waals surface area (Å²) in [5, 5.41) is 4.51. The van der Waals surface area contributed by atoms with Gasteiger partial charge in [-0.1, -0.05) is 12.1 Å². The largest absolute Gasteiger partial charge is 0.467 e. The van der Waals surface area contributed by atoms with Crippen LogP contribution in [0.5, 0.6) is 0 Å². The van der Waals surface area contributed by atoms with E-state index in [0.29, 0.717) is 5.69 Å². The van der Waals surface area contributed by atoms with Crippen molar-refractivity contribution in [1.82, 2.24) is 4.98 Å². The molecule has 1 aromatic carbocycles. The van der Waals surface area contributed by atoms with Crippen molar-refractivity contribution >= 4 is 23.0 Å². The SMILES string of the molecule is COC(=O)C(Nc1ccccc1F)c1cscn1. The second-order valence-corrected chi connectivity index (χ2v) is 4.21. The maximum Gasteiger partial charge on any atom is 0.334 e. The summed E-state index contributed by atoms with van der Waals surface area (Å²) < 4.78 is 18.2. The summed E-state index contributed by atoms with van der Waals surface area (Å²) in [4.78, 5) is 15.7. The van der Waals surface area contributed by atoms with Crippen LogP contribution in [0.15, 0.2) is 35.2 Å². The number of aromatic nitrogens is 1. The number of nitrogens with zero attached hydrogens (tertiary/aromatic N) is 1. The van der Waals surface area contributed by atoms with Gasteiger partial charge in [-0.25, -0.2) is 14.2 Å². The second-order valence-electron chi connectivity index (χ2n) is 3.49. The monoisotopic (exact) mass is 266 g/mol. The summed E-state index contributed by atoms with van der Waals surface area (Å²) in [6, 6.07) is 5.32. The molecule has 0 saturated carbocycles. The zero-order valence-corrected chi connectivity index (χ0v) is 10.4. The van der Waals surface area contributed by atoms with Crippen molar-refractivity contribution in [2.45, 2.75) is 6.04 Å². The zero-order chi connectivity index (χ0) is 13.0. The summed E-state index contributed by atoms with van der Waals surface area (Å²) in [5.41, 5.74) is 2.35. The van der Waals surface area contributed by atoms with E-state index in [-0.39, 0.29) is 5.69 Å². The molecule has 0 saturated heterocycles. The number of methoxy groups -OCH3 is 1. The number of rotatable bonds is 4. The van der Waals surface area contributed by atoms with E-state index in [4.69, 9.17) is 0 Å². The van der Waals surface area contributed by atoms with Crippen LogP contribution in [0.4, 0.5) is 10.1 Å². The molecule has 0 aliphatic heterocycles. The standard InChI is InChI=1S/C12H11FN2O2S/c1-17-12(16)11(10-6-18-7-14-10)15-9-5-3-2-4-8(9)13/h2-7,11,15H,1H3. The van der Waals surface area contributed by atoms with E-state index in [2.05, 4.69) is 15.0 Å². The Hall–Kier alpha value is -1.95. The molecule has 0 radical (unpaired) electrons. The van der Waals surface area contributed by atoms with Crippen molar-refractivity contribution in [3.63, 3.8) is 0 Å². The highest BCUT2D eigenvalue weighted by Crippen LogP contribution is 2.22. The van der Waals surface area contributed by atoms with Crippen LogP contribution in [0.25, 0.3) is 0 Å². The van der Waals surface area contributed by atoms with Gasteiger partial charge in [0.2, 0.25) is 0 Å². The maximum atomic E-state index is 13.5. The van der Waals surface area contributed by atoms with E-state index in [0.717, 1.165) is 0 Å². The minimum atomic E-state index is -0.807. The fourth-order valence-electron chi connectivity index (χ4n) is 1.47. The van der Waals surface area contributed by atoms with E-state index in [1.54, 1.807) is 29.1 Å². The third-order valence-corrected chi connectivity index (χ3v) is 2.96. The number of nitrogens with one attached hydrogen (secondary N) is 1. The molecule has 1 atom stereocenters. The number of anilines is 1. The van der Waals surface area contributed by atoms with Gasteiger partial charge >= 0.3 is 5.97 Å². The summed E-state index contributed by atoms with van der Waals surface area (Å²) in [6.07, 6.45) is 0. The summed E-state index contributed by atoms with van der Waals surface area (Å²) in [5.74, 6) is -0.939. The highest BCUT2D eigenvalue weighted by atomic mass is 32.1. The Labute approximate surface area is 107 Å². The fraction of sp³-hybridized carbons (Fsp3) is 0.167. The number of thiazole rings is 1. The number of carbonyl (C=O) groups excluding carboxylic acids is 1. The number of hydrogen-bond acceptors (Lipinski definition) is 5. The molecule has 1 N–H and O–H groups in total. The Bertz CT molecular complexity index is 531. The van der Waals surface area contributed by atoms with Gasteiger partial charge in [0.1, 0.15) is 5.82 Å². The Morgan fingerprint density at radius 1 is 1.50 bits per heavy atom. The smallest absolute Gasteiger partial charge is 0.334 e. The van der Waals surface area contributed by atoms with Gasteiger partial charge in [-0.05, 0) is 12.1 Å². The molecule has 18 heavy (non-hydrogen) atoms. The van der Waals surface area contributed by atoms with Gasteiger partial charge in [0.25, 0.3) is 0 Å². The molecule has 1 aromatic heterocycles. The van der Waals surface area contributed by atoms with Crippen LogP contribution < -0.4 is 5.32 Å². The van der Waals surface area contributed by atoms with Crippen LogP contribution in [0, 0.1) is 5.82 Å². The van der Waals surface area contributed by atoms with Crippen molar-refractivity contribution in [2.24, 2.45) is 0 Å². The van der Waals surface area contributed by atoms with E-state index in [1.165, 1.54) is 24.5 Å². The first-order valence-corrected chi connectivity index (χ1v) is 6.13. The zero-order valence-electron chi connectivity index (χ0n) is 9.59. The van der Waals surface area contributed by atoms with Crippen LogP contribution in [-0.4, -0.2) is 18.1 Å². The molecule has 1 heterocycles. The van der Waals surface area contributed by atoms with Crippen molar-refractivity contribution in [3.05, 3.63) is 46.7 Å². The van der Waals surface area contributed by atoms with Gasteiger partial charge in [-0.15, -0.1) is 11.3 Å². The average molecular weight is 266 g/mol. The lowest BCUT2D eigenvalue weighted by Gasteiger charge is -2.16. The van der Waals surface area contributed by atoms with Crippen LogP contribution in [-0.2, 0) is 9.53 Å². The van der Waals surface area contributed by atoms with Crippen molar-refractivity contribution in [1.29, 1.82) is 0 Å². The van der Waals surface area contributed by atoms with E-state index >= 15 is 0 Å². The molecule has 0 amide bonds. The highest BCUT2D eigenvalue weighted by molar-refractivity contribution is 7.07. The van der Waals surface area contributed by atoms with E-state index in [1.807, 2.05) is 0 Å². The van der Waals surface area contributed by atoms with Crippen LogP contribution in [0.3, 0.4) is 0 Å². The van der Waals surface area contributed by atoms with Crippen LogP contribution >= 0.6 is 11.3 Å². The first kappa shape index (κ1) is 12.5. The molecule has 0 aliphatic rings. The molecule has 2 rings (SSSR count). The lowest BCUT2D eigenvalue weighted by molar-refractivity contribution is -0.141. The van der Waals surface area contributed by atoms with Gasteiger partial charge in [-0.3, -0.25) is 0 Å². The Kier molecular flexibility index (Phi) is 3.88. The predicted octanol–water partition coefficient (Wildman–Crippen LogP) is 2.61. The molecule has 1 unspecified atom stereocenters. The number of halogens is 1. The van der Waals surface area contributed by atoms with E-state index in [9.17, 15) is 9.18 Å². The summed E-state index contributed by atoms with van der Waals surface area (Å²) >= 11 is 1.36. The molecule has 2 aromatic rings. The molecular formula is C12H11FN2O2S. The topological polar surface area (TPSA) is 51.2 Å². The number of ether oxygens (including phenoxy) is 1. The quantitative estimate of drug-likeness (QED) is 0.864. The normalized spacial score (nSPS) is 11.9. The molecule has 94 valence electrons. The second kappa shape index (κ2) is 5.59. The van der Waals surface area contributed by atoms with Gasteiger partial charge in [0, 0.05) is 5.38 Å². The first-order chi connectivity index (χ1) is 8.72. The molecule has 4 nitrogen and oxygen atoms in total. The predicted molar refractivity (Wildman–Crippen MR) is 66.9 cm³/mol. The van der Waals surface area contributed by atoms with Crippen molar-refractivity contribution in [3.8, 4) is 0 Å².